The van der Waals surface area contributed by atoms with Crippen molar-refractivity contribution in [3.8, 4) is 5.75 Å². The Kier molecular flexibility index (Phi) is 10.0. The third kappa shape index (κ3) is 8.92. The summed E-state index contributed by atoms with van der Waals surface area (Å²) < 4.78 is 5.53. The first-order valence-electron chi connectivity index (χ1n) is 10.8. The lowest BCUT2D eigenvalue weighted by molar-refractivity contribution is -0.123. The van der Waals surface area contributed by atoms with E-state index in [1.165, 1.54) is 17.3 Å². The van der Waals surface area contributed by atoms with Gasteiger partial charge >= 0.3 is 0 Å². The number of hydrogen-bond donors (Lipinski definition) is 2. The maximum atomic E-state index is 12.2. The molecule has 0 unspecified atom stereocenters. The summed E-state index contributed by atoms with van der Waals surface area (Å²) in [6, 6.07) is 24.4. The fraction of sp³-hybridized carbons (Fsp3) is 0.192. The molecule has 3 rings (SSSR count). The molecule has 8 heteroatoms. The van der Waals surface area contributed by atoms with Crippen molar-refractivity contribution in [2.75, 3.05) is 13.2 Å². The van der Waals surface area contributed by atoms with E-state index in [2.05, 4.69) is 15.8 Å². The Labute approximate surface area is 208 Å². The summed E-state index contributed by atoms with van der Waals surface area (Å²) >= 11 is 7.31. The smallest absolute Gasteiger partial charge is 0.257 e. The van der Waals surface area contributed by atoms with E-state index in [1.54, 1.807) is 42.6 Å². The quantitative estimate of drug-likeness (QED) is 0.229. The Morgan fingerprint density at radius 1 is 1.03 bits per heavy atom. The highest BCUT2D eigenvalue weighted by Gasteiger charge is 2.13. The van der Waals surface area contributed by atoms with Crippen LogP contribution >= 0.6 is 23.4 Å². The summed E-state index contributed by atoms with van der Waals surface area (Å²) in [6.07, 6.45) is 2.33. The summed E-state index contributed by atoms with van der Waals surface area (Å²) in [4.78, 5) is 25.1. The SMILES string of the molecule is C[C@@H](Sc1ccc(Cl)cc1)C(=O)N/N=C\c1ccc(OCC(=O)NCCc2ccccc2)cc1. The molecule has 3 aromatic rings. The van der Waals surface area contributed by atoms with Crippen LogP contribution in [0.25, 0.3) is 0 Å². The van der Waals surface area contributed by atoms with Gasteiger partial charge in [0.05, 0.1) is 11.5 Å². The number of benzene rings is 3. The van der Waals surface area contributed by atoms with Gasteiger partial charge in [-0.3, -0.25) is 9.59 Å². The van der Waals surface area contributed by atoms with Gasteiger partial charge in [0.25, 0.3) is 11.8 Å². The fourth-order valence-corrected chi connectivity index (χ4v) is 3.86. The Hall–Kier alpha value is -3.29. The average molecular weight is 496 g/mol. The van der Waals surface area contributed by atoms with E-state index in [4.69, 9.17) is 16.3 Å². The van der Waals surface area contributed by atoms with Crippen LogP contribution in [-0.2, 0) is 16.0 Å². The summed E-state index contributed by atoms with van der Waals surface area (Å²) in [5.74, 6) is 0.205. The van der Waals surface area contributed by atoms with E-state index < -0.39 is 0 Å². The minimum Gasteiger partial charge on any atom is -0.484 e. The second kappa shape index (κ2) is 13.4. The molecule has 0 saturated carbocycles. The van der Waals surface area contributed by atoms with Crippen LogP contribution in [0.2, 0.25) is 5.02 Å². The topological polar surface area (TPSA) is 79.8 Å². The first-order chi connectivity index (χ1) is 16.5. The minimum atomic E-state index is -0.312. The zero-order chi connectivity index (χ0) is 24.2. The number of carbonyl (C=O) groups is 2. The van der Waals surface area contributed by atoms with Gasteiger partial charge < -0.3 is 10.1 Å². The largest absolute Gasteiger partial charge is 0.484 e. The third-order valence-corrected chi connectivity index (χ3v) is 6.08. The average Bonchev–Trinajstić information content (AvgIpc) is 2.85. The van der Waals surface area contributed by atoms with E-state index in [9.17, 15) is 9.59 Å². The molecule has 1 atom stereocenters. The summed E-state index contributed by atoms with van der Waals surface area (Å²) in [6.45, 7) is 2.32. The van der Waals surface area contributed by atoms with E-state index in [0.29, 0.717) is 17.3 Å². The predicted molar refractivity (Wildman–Crippen MR) is 138 cm³/mol. The molecule has 6 nitrogen and oxygen atoms in total. The van der Waals surface area contributed by atoms with Crippen molar-refractivity contribution >= 4 is 41.4 Å². The van der Waals surface area contributed by atoms with Crippen LogP contribution in [0.5, 0.6) is 5.75 Å². The number of halogens is 1. The molecule has 0 radical (unpaired) electrons. The third-order valence-electron chi connectivity index (χ3n) is 4.71. The lowest BCUT2D eigenvalue weighted by Crippen LogP contribution is -2.30. The fourth-order valence-electron chi connectivity index (χ4n) is 2.87. The van der Waals surface area contributed by atoms with Gasteiger partial charge in [-0.1, -0.05) is 41.9 Å². The molecule has 34 heavy (non-hydrogen) atoms. The monoisotopic (exact) mass is 495 g/mol. The van der Waals surface area contributed by atoms with E-state index in [0.717, 1.165) is 16.9 Å². The normalized spacial score (nSPS) is 11.7. The Bertz CT molecular complexity index is 1090. The first-order valence-corrected chi connectivity index (χ1v) is 12.0. The van der Waals surface area contributed by atoms with Crippen LogP contribution in [0.1, 0.15) is 18.1 Å². The van der Waals surface area contributed by atoms with Crippen molar-refractivity contribution in [3.63, 3.8) is 0 Å². The van der Waals surface area contributed by atoms with Crippen molar-refractivity contribution in [1.29, 1.82) is 0 Å². The second-order valence-electron chi connectivity index (χ2n) is 7.39. The molecule has 0 aliphatic heterocycles. The van der Waals surface area contributed by atoms with Crippen molar-refractivity contribution < 1.29 is 14.3 Å². The zero-order valence-corrected chi connectivity index (χ0v) is 20.3. The lowest BCUT2D eigenvalue weighted by atomic mass is 10.1. The molecule has 2 N–H and O–H groups in total. The van der Waals surface area contributed by atoms with Crippen molar-refractivity contribution in [3.05, 3.63) is 95.0 Å². The molecule has 0 aliphatic rings. The van der Waals surface area contributed by atoms with Crippen LogP contribution in [0.3, 0.4) is 0 Å². The van der Waals surface area contributed by atoms with Gasteiger partial charge in [-0.05, 0) is 73.0 Å². The molecular formula is C26H26ClN3O3S. The van der Waals surface area contributed by atoms with Crippen LogP contribution in [-0.4, -0.2) is 36.4 Å². The molecule has 0 heterocycles. The number of hydrazone groups is 1. The van der Waals surface area contributed by atoms with Gasteiger partial charge in [0, 0.05) is 16.5 Å². The molecule has 0 bridgehead atoms. The highest BCUT2D eigenvalue weighted by Crippen LogP contribution is 2.24. The standard InChI is InChI=1S/C26H26ClN3O3S/c1-19(34-24-13-9-22(27)10-14-24)26(32)30-29-17-21-7-11-23(12-8-21)33-18-25(31)28-16-15-20-5-3-2-4-6-20/h2-14,17,19H,15-16,18H2,1H3,(H,28,31)(H,30,32)/b29-17-/t19-/m1/s1. The number of carbonyl (C=O) groups excluding carboxylic acids is 2. The molecule has 0 aromatic heterocycles. The highest BCUT2D eigenvalue weighted by molar-refractivity contribution is 8.00. The maximum Gasteiger partial charge on any atom is 0.257 e. The number of hydrogen-bond acceptors (Lipinski definition) is 5. The number of rotatable bonds is 11. The van der Waals surface area contributed by atoms with Gasteiger partial charge in [0.15, 0.2) is 6.61 Å². The van der Waals surface area contributed by atoms with Crippen LogP contribution in [0.15, 0.2) is 88.9 Å². The van der Waals surface area contributed by atoms with E-state index in [1.807, 2.05) is 49.4 Å². The number of thioether (sulfide) groups is 1. The molecule has 0 aliphatic carbocycles. The first kappa shape index (κ1) is 25.3. The Balaban J connectivity index is 1.36. The summed E-state index contributed by atoms with van der Waals surface area (Å²) in [5.41, 5.74) is 4.51. The zero-order valence-electron chi connectivity index (χ0n) is 18.7. The van der Waals surface area contributed by atoms with Gasteiger partial charge in [-0.15, -0.1) is 11.8 Å². The lowest BCUT2D eigenvalue weighted by Gasteiger charge is -2.09. The second-order valence-corrected chi connectivity index (χ2v) is 9.24. The van der Waals surface area contributed by atoms with Crippen molar-refractivity contribution in [1.82, 2.24) is 10.7 Å². The molecule has 0 saturated heterocycles. The summed E-state index contributed by atoms with van der Waals surface area (Å²) in [5, 5.41) is 7.21. The molecule has 2 amide bonds. The Morgan fingerprint density at radius 3 is 2.44 bits per heavy atom. The van der Waals surface area contributed by atoms with Gasteiger partial charge in [-0.2, -0.15) is 5.10 Å². The number of nitrogens with one attached hydrogen (secondary N) is 2. The molecule has 0 spiro atoms. The van der Waals surface area contributed by atoms with Crippen molar-refractivity contribution in [2.24, 2.45) is 5.10 Å². The predicted octanol–water partition coefficient (Wildman–Crippen LogP) is 4.71. The number of amides is 2. The van der Waals surface area contributed by atoms with Crippen LogP contribution in [0.4, 0.5) is 0 Å². The van der Waals surface area contributed by atoms with E-state index >= 15 is 0 Å². The molecule has 176 valence electrons. The summed E-state index contributed by atoms with van der Waals surface area (Å²) in [7, 11) is 0. The number of nitrogens with zero attached hydrogens (tertiary/aromatic N) is 1. The number of ether oxygens (including phenoxy) is 1. The Morgan fingerprint density at radius 2 is 1.74 bits per heavy atom. The molecular weight excluding hydrogens is 470 g/mol. The minimum absolute atomic E-state index is 0.0541. The van der Waals surface area contributed by atoms with Gasteiger partial charge in [0.1, 0.15) is 5.75 Å². The van der Waals surface area contributed by atoms with Crippen LogP contribution < -0.4 is 15.5 Å². The van der Waals surface area contributed by atoms with Gasteiger partial charge in [-0.25, -0.2) is 5.43 Å². The van der Waals surface area contributed by atoms with E-state index in [-0.39, 0.29) is 23.7 Å². The highest BCUT2D eigenvalue weighted by atomic mass is 35.5. The van der Waals surface area contributed by atoms with Crippen molar-refractivity contribution in [2.45, 2.75) is 23.5 Å². The molecule has 0 fully saturated rings. The maximum absolute atomic E-state index is 12.2. The van der Waals surface area contributed by atoms with Gasteiger partial charge in [0.2, 0.25) is 0 Å². The van der Waals surface area contributed by atoms with Crippen LogP contribution in [0, 0.1) is 0 Å². The molecule has 3 aromatic carbocycles.